The van der Waals surface area contributed by atoms with Crippen molar-refractivity contribution in [3.8, 4) is 0 Å². The highest BCUT2D eigenvalue weighted by atomic mass is 79.9. The predicted octanol–water partition coefficient (Wildman–Crippen LogP) is 5.34. The molecular weight excluding hydrogens is 456 g/mol. The summed E-state index contributed by atoms with van der Waals surface area (Å²) in [6.07, 6.45) is 6.56. The smallest absolute Gasteiger partial charge is 0.335 e. The van der Waals surface area contributed by atoms with Crippen LogP contribution in [0.5, 0.6) is 0 Å². The summed E-state index contributed by atoms with van der Waals surface area (Å²) < 4.78 is 0. The normalized spacial score (nSPS) is 44.1. The molecule has 4 nitrogen and oxygen atoms in total. The van der Waals surface area contributed by atoms with Gasteiger partial charge >= 0.3 is 5.97 Å². The first-order valence-electron chi connectivity index (χ1n) is 11.6. The Kier molecular flexibility index (Phi) is 5.02. The molecule has 2 N–H and O–H groups in total. The highest BCUT2D eigenvalue weighted by Crippen LogP contribution is 2.68. The molecule has 2 unspecified atom stereocenters. The molecule has 1 aromatic rings. The van der Waals surface area contributed by atoms with Crippen molar-refractivity contribution in [3.63, 3.8) is 0 Å². The van der Waals surface area contributed by atoms with E-state index >= 15 is 0 Å². The van der Waals surface area contributed by atoms with E-state index in [4.69, 9.17) is 0 Å². The molecule has 3 fully saturated rings. The van der Waals surface area contributed by atoms with E-state index < -0.39 is 12.1 Å². The molecule has 0 aliphatic heterocycles. The molecule has 0 saturated heterocycles. The number of ketones is 1. The molecule has 4 aliphatic rings. The van der Waals surface area contributed by atoms with Gasteiger partial charge in [-0.3, -0.25) is 4.79 Å². The van der Waals surface area contributed by atoms with E-state index in [0.29, 0.717) is 30.2 Å². The maximum absolute atomic E-state index is 12.2. The zero-order chi connectivity index (χ0) is 22.1. The second-order valence-corrected chi connectivity index (χ2v) is 11.9. The van der Waals surface area contributed by atoms with Crippen molar-refractivity contribution in [1.29, 1.82) is 0 Å². The molecule has 0 spiro atoms. The van der Waals surface area contributed by atoms with Gasteiger partial charge < -0.3 is 10.2 Å². The van der Waals surface area contributed by atoms with E-state index in [0.717, 1.165) is 31.2 Å². The van der Waals surface area contributed by atoms with Crippen LogP contribution in [0.2, 0.25) is 0 Å². The van der Waals surface area contributed by atoms with Crippen LogP contribution in [0.1, 0.15) is 74.2 Å². The molecule has 4 aliphatic carbocycles. The van der Waals surface area contributed by atoms with Gasteiger partial charge in [0.05, 0.1) is 11.7 Å². The van der Waals surface area contributed by atoms with Gasteiger partial charge in [-0.25, -0.2) is 4.79 Å². The number of aromatic carboxylic acids is 1. The third kappa shape index (κ3) is 3.02. The first-order valence-corrected chi connectivity index (χ1v) is 12.5. The number of alkyl halides is 1. The van der Waals surface area contributed by atoms with Gasteiger partial charge in [0.25, 0.3) is 0 Å². The van der Waals surface area contributed by atoms with Crippen LogP contribution in [-0.2, 0) is 4.79 Å². The van der Waals surface area contributed by atoms with Crippen molar-refractivity contribution in [2.24, 2.45) is 28.6 Å². The van der Waals surface area contributed by atoms with Crippen LogP contribution in [0.4, 0.5) is 0 Å². The zero-order valence-corrected chi connectivity index (χ0v) is 19.8. The first kappa shape index (κ1) is 21.4. The van der Waals surface area contributed by atoms with Gasteiger partial charge in [-0.15, -0.1) is 0 Å². The van der Waals surface area contributed by atoms with E-state index in [1.165, 1.54) is 5.57 Å². The fourth-order valence-electron chi connectivity index (χ4n) is 7.98. The Morgan fingerprint density at radius 3 is 2.65 bits per heavy atom. The van der Waals surface area contributed by atoms with Crippen LogP contribution in [0.15, 0.2) is 35.9 Å². The van der Waals surface area contributed by atoms with Gasteiger partial charge in [0.2, 0.25) is 0 Å². The number of carboxylic acid groups (broad SMARTS) is 1. The number of aliphatic hydroxyl groups is 1. The van der Waals surface area contributed by atoms with Crippen LogP contribution in [0.3, 0.4) is 0 Å². The zero-order valence-electron chi connectivity index (χ0n) is 18.2. The number of benzene rings is 1. The Morgan fingerprint density at radius 2 is 1.90 bits per heavy atom. The summed E-state index contributed by atoms with van der Waals surface area (Å²) in [6.45, 7) is 4.56. The second-order valence-electron chi connectivity index (χ2n) is 10.8. The van der Waals surface area contributed by atoms with E-state index in [1.807, 2.05) is 18.2 Å². The summed E-state index contributed by atoms with van der Waals surface area (Å²) in [6, 6.07) is 7.36. The lowest BCUT2D eigenvalue weighted by atomic mass is 9.46. The summed E-state index contributed by atoms with van der Waals surface area (Å²) >= 11 is 3.92. The van der Waals surface area contributed by atoms with Crippen LogP contribution < -0.4 is 0 Å². The van der Waals surface area contributed by atoms with Crippen molar-refractivity contribution < 1.29 is 19.8 Å². The van der Waals surface area contributed by atoms with Gasteiger partial charge in [0.1, 0.15) is 0 Å². The number of carbonyl (C=O) groups is 2. The molecule has 0 aromatic heterocycles. The van der Waals surface area contributed by atoms with Crippen LogP contribution in [-0.4, -0.2) is 32.9 Å². The minimum Gasteiger partial charge on any atom is -0.478 e. The summed E-state index contributed by atoms with van der Waals surface area (Å²) in [7, 11) is 0. The molecule has 5 rings (SSSR count). The minimum absolute atomic E-state index is 0.00324. The quantitative estimate of drug-likeness (QED) is 0.552. The number of carboxylic acids is 1. The Hall–Kier alpha value is -1.46. The van der Waals surface area contributed by atoms with E-state index in [2.05, 4.69) is 29.8 Å². The topological polar surface area (TPSA) is 74.6 Å². The fourth-order valence-corrected chi connectivity index (χ4v) is 9.07. The lowest BCUT2D eigenvalue weighted by Gasteiger charge is -2.59. The third-order valence-electron chi connectivity index (χ3n) is 9.50. The molecule has 0 bridgehead atoms. The summed E-state index contributed by atoms with van der Waals surface area (Å²) in [5, 5.41) is 21.1. The lowest BCUT2D eigenvalue weighted by molar-refractivity contribution is -0.118. The molecule has 166 valence electrons. The van der Waals surface area contributed by atoms with Crippen molar-refractivity contribution in [2.45, 2.75) is 69.2 Å². The van der Waals surface area contributed by atoms with Gasteiger partial charge in [-0.2, -0.15) is 0 Å². The molecule has 5 heteroatoms. The van der Waals surface area contributed by atoms with Crippen molar-refractivity contribution in [3.05, 3.63) is 47.0 Å². The highest BCUT2D eigenvalue weighted by Gasteiger charge is 2.63. The Labute approximate surface area is 192 Å². The molecular formula is C26H31BrO4. The number of rotatable bonds is 2. The molecule has 0 radical (unpaired) electrons. The van der Waals surface area contributed by atoms with E-state index in [-0.39, 0.29) is 33.3 Å². The fraction of sp³-hybridized carbons (Fsp3) is 0.615. The number of carbonyl (C=O) groups excluding carboxylic acids is 1. The largest absolute Gasteiger partial charge is 0.478 e. The Balaban J connectivity index is 1.61. The standard InChI is InChI=1S/C26H31BrO4/c1-25-9-7-14(28)11-20(25)21(27)12-18-19(25)8-10-26(2)22(29)13-17(23(18)26)15-5-3-4-6-16(15)24(30)31/h3-6,11,17-19,21-23,29H,7-10,12-13H2,1-2H3,(H,30,31)/t17?,18-,19+,21?,22+,23+,25-,26-/m1/s1. The van der Waals surface area contributed by atoms with Gasteiger partial charge in [0.15, 0.2) is 5.78 Å². The minimum atomic E-state index is -0.893. The number of allylic oxidation sites excluding steroid dienone is 1. The summed E-state index contributed by atoms with van der Waals surface area (Å²) in [4.78, 5) is 24.4. The molecule has 0 amide bonds. The first-order chi connectivity index (χ1) is 14.7. The monoisotopic (exact) mass is 486 g/mol. The average Bonchev–Trinajstić information content (AvgIpc) is 3.00. The predicted molar refractivity (Wildman–Crippen MR) is 122 cm³/mol. The maximum Gasteiger partial charge on any atom is 0.335 e. The van der Waals surface area contributed by atoms with E-state index in [1.54, 1.807) is 12.1 Å². The third-order valence-corrected chi connectivity index (χ3v) is 10.4. The van der Waals surface area contributed by atoms with Crippen molar-refractivity contribution in [2.75, 3.05) is 0 Å². The molecule has 8 atom stereocenters. The van der Waals surface area contributed by atoms with Crippen molar-refractivity contribution >= 4 is 27.7 Å². The summed E-state index contributed by atoms with van der Waals surface area (Å²) in [5.74, 6) is 0.472. The number of fused-ring (bicyclic) bond motifs is 5. The van der Waals surface area contributed by atoms with Gasteiger partial charge in [0, 0.05) is 11.2 Å². The van der Waals surface area contributed by atoms with Crippen LogP contribution in [0, 0.1) is 28.6 Å². The highest BCUT2D eigenvalue weighted by molar-refractivity contribution is 9.09. The molecule has 31 heavy (non-hydrogen) atoms. The summed E-state index contributed by atoms with van der Waals surface area (Å²) in [5.41, 5.74) is 2.30. The molecule has 3 saturated carbocycles. The number of aliphatic hydroxyl groups excluding tert-OH is 1. The van der Waals surface area contributed by atoms with Gasteiger partial charge in [-0.1, -0.05) is 48.0 Å². The Morgan fingerprint density at radius 1 is 1.16 bits per heavy atom. The maximum atomic E-state index is 12.2. The van der Waals surface area contributed by atoms with Crippen molar-refractivity contribution in [1.82, 2.24) is 0 Å². The van der Waals surface area contributed by atoms with Crippen LogP contribution in [0.25, 0.3) is 0 Å². The average molecular weight is 487 g/mol. The second kappa shape index (κ2) is 7.28. The number of halogens is 1. The van der Waals surface area contributed by atoms with Gasteiger partial charge in [-0.05, 0) is 89.9 Å². The molecule has 1 aromatic carbocycles. The number of hydrogen-bond donors (Lipinski definition) is 2. The lowest BCUT2D eigenvalue weighted by Crippen LogP contribution is -2.54. The molecule has 0 heterocycles. The van der Waals surface area contributed by atoms with Crippen LogP contribution >= 0.6 is 15.9 Å². The SMILES string of the molecule is C[C@]12CC[C@H]3[C@@H](CC(Br)C4=CC(=O)CC[C@@]43C)[C@@H]1C(c1ccccc1C(=O)O)C[C@@H]2O. The number of hydrogen-bond acceptors (Lipinski definition) is 3. The Bertz CT molecular complexity index is 970. The van der Waals surface area contributed by atoms with E-state index in [9.17, 15) is 19.8 Å².